The Morgan fingerprint density at radius 2 is 2.20 bits per heavy atom. The molecule has 0 saturated carbocycles. The summed E-state index contributed by atoms with van der Waals surface area (Å²) < 4.78 is 4.94. The van der Waals surface area contributed by atoms with Gasteiger partial charge in [0.2, 0.25) is 0 Å². The SMILES string of the molecule is COc1cc([C@H](N)C(=O)O)c(Cl)cc1N. The molecule has 0 fully saturated rings. The second kappa shape index (κ2) is 4.37. The molecule has 0 saturated heterocycles. The number of carbonyl (C=O) groups is 1. The molecule has 1 atom stereocenters. The van der Waals surface area contributed by atoms with Gasteiger partial charge in [-0.2, -0.15) is 0 Å². The number of nitrogen functional groups attached to an aromatic ring is 1. The molecule has 0 heterocycles. The van der Waals surface area contributed by atoms with E-state index in [1.54, 1.807) is 0 Å². The first-order valence-corrected chi connectivity index (χ1v) is 4.46. The molecule has 0 radical (unpaired) electrons. The molecule has 82 valence electrons. The quantitative estimate of drug-likeness (QED) is 0.674. The van der Waals surface area contributed by atoms with Crippen molar-refractivity contribution in [3.8, 4) is 5.75 Å². The van der Waals surface area contributed by atoms with Gasteiger partial charge in [-0.05, 0) is 12.1 Å². The minimum absolute atomic E-state index is 0.211. The fourth-order valence-electron chi connectivity index (χ4n) is 1.13. The van der Waals surface area contributed by atoms with E-state index in [1.807, 2.05) is 0 Å². The number of halogens is 1. The van der Waals surface area contributed by atoms with Crippen molar-refractivity contribution in [3.63, 3.8) is 0 Å². The molecule has 0 bridgehead atoms. The normalized spacial score (nSPS) is 12.2. The zero-order valence-corrected chi connectivity index (χ0v) is 8.78. The van der Waals surface area contributed by atoms with Gasteiger partial charge in [-0.1, -0.05) is 11.6 Å². The van der Waals surface area contributed by atoms with Crippen LogP contribution in [0.15, 0.2) is 12.1 Å². The summed E-state index contributed by atoms with van der Waals surface area (Å²) in [6, 6.07) is 1.65. The Morgan fingerprint density at radius 1 is 1.60 bits per heavy atom. The number of hydrogen-bond acceptors (Lipinski definition) is 4. The molecule has 0 unspecified atom stereocenters. The molecule has 1 aromatic rings. The molecule has 0 aliphatic heterocycles. The van der Waals surface area contributed by atoms with E-state index in [9.17, 15) is 4.79 Å². The van der Waals surface area contributed by atoms with Crippen LogP contribution in [0.1, 0.15) is 11.6 Å². The standard InChI is InChI=1S/C9H11ClN2O3/c1-15-7-2-4(8(12)9(13)14)5(10)3-6(7)11/h2-3,8H,11-12H2,1H3,(H,13,14)/t8-/m0/s1. The first kappa shape index (κ1) is 11.6. The van der Waals surface area contributed by atoms with E-state index >= 15 is 0 Å². The second-order valence-corrected chi connectivity index (χ2v) is 3.34. The van der Waals surface area contributed by atoms with E-state index in [1.165, 1.54) is 19.2 Å². The summed E-state index contributed by atoms with van der Waals surface area (Å²) in [5.74, 6) is -0.810. The van der Waals surface area contributed by atoms with E-state index in [4.69, 9.17) is 32.9 Å². The van der Waals surface area contributed by atoms with Gasteiger partial charge in [-0.15, -0.1) is 0 Å². The van der Waals surface area contributed by atoms with Crippen LogP contribution < -0.4 is 16.2 Å². The van der Waals surface area contributed by atoms with E-state index < -0.39 is 12.0 Å². The summed E-state index contributed by atoms with van der Waals surface area (Å²) in [5.41, 5.74) is 11.6. The maximum atomic E-state index is 10.7. The van der Waals surface area contributed by atoms with Gasteiger partial charge in [-0.3, -0.25) is 4.79 Å². The van der Waals surface area contributed by atoms with Crippen molar-refractivity contribution in [1.82, 2.24) is 0 Å². The first-order valence-electron chi connectivity index (χ1n) is 4.08. The minimum Gasteiger partial charge on any atom is -0.495 e. The third kappa shape index (κ3) is 2.31. The van der Waals surface area contributed by atoms with E-state index in [0.29, 0.717) is 11.4 Å². The van der Waals surface area contributed by atoms with Crippen LogP contribution in [0.2, 0.25) is 5.02 Å². The third-order valence-electron chi connectivity index (χ3n) is 1.95. The molecule has 6 heteroatoms. The zero-order valence-electron chi connectivity index (χ0n) is 8.03. The summed E-state index contributed by atoms with van der Waals surface area (Å²) in [5, 5.41) is 8.95. The van der Waals surface area contributed by atoms with Gasteiger partial charge in [0.25, 0.3) is 0 Å². The number of carboxylic acids is 1. The number of hydrogen-bond donors (Lipinski definition) is 3. The Bertz CT molecular complexity index is 395. The van der Waals surface area contributed by atoms with Crippen LogP contribution in [-0.2, 0) is 4.79 Å². The molecule has 15 heavy (non-hydrogen) atoms. The lowest BCUT2D eigenvalue weighted by molar-refractivity contribution is -0.138. The Balaban J connectivity index is 3.24. The lowest BCUT2D eigenvalue weighted by atomic mass is 10.1. The largest absolute Gasteiger partial charge is 0.495 e. The van der Waals surface area contributed by atoms with Crippen LogP contribution in [0.4, 0.5) is 5.69 Å². The summed E-state index contributed by atoms with van der Waals surface area (Å²) in [6.45, 7) is 0. The summed E-state index contributed by atoms with van der Waals surface area (Å²) in [4.78, 5) is 10.7. The number of methoxy groups -OCH3 is 1. The molecule has 1 aromatic carbocycles. The molecule has 5 N–H and O–H groups in total. The number of ether oxygens (including phenoxy) is 1. The van der Waals surface area contributed by atoms with Crippen LogP contribution in [-0.4, -0.2) is 18.2 Å². The average Bonchev–Trinajstić information content (AvgIpc) is 2.17. The van der Waals surface area contributed by atoms with Crippen LogP contribution >= 0.6 is 11.6 Å². The van der Waals surface area contributed by atoms with Crippen LogP contribution in [0.3, 0.4) is 0 Å². The van der Waals surface area contributed by atoms with Crippen molar-refractivity contribution in [1.29, 1.82) is 0 Å². The molecular formula is C9H11ClN2O3. The second-order valence-electron chi connectivity index (χ2n) is 2.93. The fraction of sp³-hybridized carbons (Fsp3) is 0.222. The monoisotopic (exact) mass is 230 g/mol. The Morgan fingerprint density at radius 3 is 2.67 bits per heavy atom. The van der Waals surface area contributed by atoms with Crippen molar-refractivity contribution >= 4 is 23.3 Å². The number of nitrogens with two attached hydrogens (primary N) is 2. The van der Waals surface area contributed by atoms with E-state index in [2.05, 4.69) is 0 Å². The van der Waals surface area contributed by atoms with Gasteiger partial charge < -0.3 is 21.3 Å². The van der Waals surface area contributed by atoms with Crippen molar-refractivity contribution < 1.29 is 14.6 Å². The summed E-state index contributed by atoms with van der Waals surface area (Å²) in [7, 11) is 1.43. The highest BCUT2D eigenvalue weighted by molar-refractivity contribution is 6.32. The third-order valence-corrected chi connectivity index (χ3v) is 2.28. The van der Waals surface area contributed by atoms with Gasteiger partial charge >= 0.3 is 5.97 Å². The number of rotatable bonds is 3. The lowest BCUT2D eigenvalue weighted by Gasteiger charge is -2.12. The zero-order chi connectivity index (χ0) is 11.6. The van der Waals surface area contributed by atoms with Gasteiger partial charge in [0.15, 0.2) is 0 Å². The highest BCUT2D eigenvalue weighted by Crippen LogP contribution is 2.31. The van der Waals surface area contributed by atoms with Crippen molar-refractivity contribution in [3.05, 3.63) is 22.7 Å². The molecule has 0 aliphatic rings. The highest BCUT2D eigenvalue weighted by Gasteiger charge is 2.19. The molecule has 0 aliphatic carbocycles. The van der Waals surface area contributed by atoms with Crippen LogP contribution in [0.25, 0.3) is 0 Å². The molecule has 1 rings (SSSR count). The number of anilines is 1. The summed E-state index contributed by atoms with van der Waals surface area (Å²) >= 11 is 5.82. The van der Waals surface area contributed by atoms with Gasteiger partial charge in [0, 0.05) is 10.6 Å². The number of carboxylic acid groups (broad SMARTS) is 1. The van der Waals surface area contributed by atoms with Crippen LogP contribution in [0.5, 0.6) is 5.75 Å². The molecular weight excluding hydrogens is 220 g/mol. The number of aliphatic carboxylic acids is 1. The van der Waals surface area contributed by atoms with Crippen molar-refractivity contribution in [2.75, 3.05) is 12.8 Å². The summed E-state index contributed by atoms with van der Waals surface area (Å²) in [6.07, 6.45) is 0. The minimum atomic E-state index is -1.19. The molecule has 0 aromatic heterocycles. The van der Waals surface area contributed by atoms with Gasteiger partial charge in [0.1, 0.15) is 11.8 Å². The predicted molar refractivity (Wildman–Crippen MR) is 57.0 cm³/mol. The van der Waals surface area contributed by atoms with Gasteiger partial charge in [-0.25, -0.2) is 0 Å². The van der Waals surface area contributed by atoms with Gasteiger partial charge in [0.05, 0.1) is 12.8 Å². The predicted octanol–water partition coefficient (Wildman–Crippen LogP) is 1.02. The maximum absolute atomic E-state index is 10.7. The Labute approximate surface area is 91.6 Å². The smallest absolute Gasteiger partial charge is 0.325 e. The Hall–Kier alpha value is -1.46. The van der Waals surface area contributed by atoms with E-state index in [-0.39, 0.29) is 10.6 Å². The molecule has 0 spiro atoms. The Kier molecular flexibility index (Phi) is 3.39. The lowest BCUT2D eigenvalue weighted by Crippen LogP contribution is -2.21. The molecule has 5 nitrogen and oxygen atoms in total. The topological polar surface area (TPSA) is 98.6 Å². The molecule has 0 amide bonds. The number of benzene rings is 1. The first-order chi connectivity index (χ1) is 6.97. The van der Waals surface area contributed by atoms with E-state index in [0.717, 1.165) is 0 Å². The van der Waals surface area contributed by atoms with Crippen LogP contribution in [0, 0.1) is 0 Å². The average molecular weight is 231 g/mol. The van der Waals surface area contributed by atoms with Crippen molar-refractivity contribution in [2.45, 2.75) is 6.04 Å². The van der Waals surface area contributed by atoms with Crippen molar-refractivity contribution in [2.24, 2.45) is 5.73 Å². The maximum Gasteiger partial charge on any atom is 0.325 e. The highest BCUT2D eigenvalue weighted by atomic mass is 35.5. The fourth-order valence-corrected chi connectivity index (χ4v) is 1.42.